The van der Waals surface area contributed by atoms with Crippen molar-refractivity contribution < 1.29 is 24.2 Å². The van der Waals surface area contributed by atoms with E-state index in [-0.39, 0.29) is 11.3 Å². The predicted molar refractivity (Wildman–Crippen MR) is 157 cm³/mol. The molecule has 3 aromatic rings. The largest absolute Gasteiger partial charge is 0.507 e. The number of carbonyl (C=O) groups excluding carboxylic acids is 2. The maximum absolute atomic E-state index is 13.4. The SMILES string of the molecule is CCCCOc1ccc(/C(O)=C2\C(=O)C(=O)N(CCCN(C)C)[C@H]2c2cccc(Oc3ccccc3)c2)cc1C. The Hall–Kier alpha value is -4.10. The minimum Gasteiger partial charge on any atom is -0.507 e. The molecule has 0 spiro atoms. The van der Waals surface area contributed by atoms with Crippen LogP contribution in [0.5, 0.6) is 17.2 Å². The quantitative estimate of drug-likeness (QED) is 0.125. The summed E-state index contributed by atoms with van der Waals surface area (Å²) in [6.45, 7) is 5.75. The molecule has 3 aromatic carbocycles. The number of aryl methyl sites for hydroxylation is 1. The number of nitrogens with zero attached hydrogens (tertiary/aromatic N) is 2. The van der Waals surface area contributed by atoms with Crippen LogP contribution in [0.4, 0.5) is 0 Å². The molecule has 0 radical (unpaired) electrons. The fraction of sp³-hybridized carbons (Fsp3) is 0.333. The zero-order valence-corrected chi connectivity index (χ0v) is 23.7. The van der Waals surface area contributed by atoms with Gasteiger partial charge in [0.25, 0.3) is 11.7 Å². The second kappa shape index (κ2) is 13.3. The van der Waals surface area contributed by atoms with Gasteiger partial charge in [-0.1, -0.05) is 43.7 Å². The minimum atomic E-state index is -0.748. The van der Waals surface area contributed by atoms with Gasteiger partial charge in [0.05, 0.1) is 18.2 Å². The van der Waals surface area contributed by atoms with E-state index in [1.165, 1.54) is 0 Å². The van der Waals surface area contributed by atoms with Gasteiger partial charge >= 0.3 is 0 Å². The molecule has 0 unspecified atom stereocenters. The maximum atomic E-state index is 13.4. The number of amides is 1. The van der Waals surface area contributed by atoms with E-state index in [2.05, 4.69) is 6.92 Å². The van der Waals surface area contributed by atoms with Gasteiger partial charge < -0.3 is 24.4 Å². The molecule has 0 saturated carbocycles. The molecule has 1 aliphatic heterocycles. The Bertz CT molecular complexity index is 1370. The smallest absolute Gasteiger partial charge is 0.295 e. The molecule has 7 nitrogen and oxygen atoms in total. The number of ether oxygens (including phenoxy) is 2. The molecule has 1 heterocycles. The van der Waals surface area contributed by atoms with Crippen molar-refractivity contribution in [3.05, 3.63) is 95.1 Å². The Kier molecular flexibility index (Phi) is 9.61. The third-order valence-electron chi connectivity index (χ3n) is 6.90. The molecule has 1 fully saturated rings. The van der Waals surface area contributed by atoms with Crippen LogP contribution >= 0.6 is 0 Å². The second-order valence-electron chi connectivity index (χ2n) is 10.3. The first kappa shape index (κ1) is 28.9. The van der Waals surface area contributed by atoms with Gasteiger partial charge in [0.15, 0.2) is 0 Å². The number of ketones is 1. The third-order valence-corrected chi connectivity index (χ3v) is 6.90. The fourth-order valence-corrected chi connectivity index (χ4v) is 4.83. The second-order valence-corrected chi connectivity index (χ2v) is 10.3. The lowest BCUT2D eigenvalue weighted by Gasteiger charge is -2.26. The number of carbonyl (C=O) groups is 2. The first-order valence-electron chi connectivity index (χ1n) is 13.8. The average Bonchev–Trinajstić information content (AvgIpc) is 3.19. The van der Waals surface area contributed by atoms with Crippen molar-refractivity contribution in [1.29, 1.82) is 0 Å². The molecule has 4 rings (SSSR count). The van der Waals surface area contributed by atoms with Crippen molar-refractivity contribution in [1.82, 2.24) is 9.80 Å². The van der Waals surface area contributed by atoms with Crippen molar-refractivity contribution in [2.75, 3.05) is 33.8 Å². The summed E-state index contributed by atoms with van der Waals surface area (Å²) in [6, 6.07) is 21.3. The standard InChI is InChI=1S/C33H38N2O5/c1-5-6-20-39-28-17-16-25(21-23(28)2)31(36)29-30(35(33(38)32(29)37)19-11-18-34(3)4)24-12-10-15-27(22-24)40-26-13-8-7-9-14-26/h7-10,12-17,21-22,30,36H,5-6,11,18-20H2,1-4H3/b31-29+/t30-/m0/s1. The van der Waals surface area contributed by atoms with Gasteiger partial charge in [-0.25, -0.2) is 0 Å². The van der Waals surface area contributed by atoms with Crippen LogP contribution in [0.1, 0.15) is 48.9 Å². The van der Waals surface area contributed by atoms with Crippen molar-refractivity contribution in [3.63, 3.8) is 0 Å². The Balaban J connectivity index is 1.74. The highest BCUT2D eigenvalue weighted by atomic mass is 16.5. The van der Waals surface area contributed by atoms with Gasteiger partial charge in [-0.15, -0.1) is 0 Å². The van der Waals surface area contributed by atoms with Crippen LogP contribution in [0.3, 0.4) is 0 Å². The van der Waals surface area contributed by atoms with Gasteiger partial charge in [0.1, 0.15) is 23.0 Å². The molecule has 1 amide bonds. The number of aliphatic hydroxyl groups is 1. The summed E-state index contributed by atoms with van der Waals surface area (Å²) >= 11 is 0. The molecule has 0 bridgehead atoms. The molecule has 0 aromatic heterocycles. The predicted octanol–water partition coefficient (Wildman–Crippen LogP) is 6.34. The van der Waals surface area contributed by atoms with E-state index in [1.807, 2.05) is 80.5 Å². The number of unbranched alkanes of at least 4 members (excludes halogenated alkanes) is 1. The van der Waals surface area contributed by atoms with E-state index in [0.29, 0.717) is 42.2 Å². The van der Waals surface area contributed by atoms with E-state index in [0.717, 1.165) is 30.7 Å². The number of para-hydroxylation sites is 1. The molecule has 1 atom stereocenters. The summed E-state index contributed by atoms with van der Waals surface area (Å²) < 4.78 is 11.9. The van der Waals surface area contributed by atoms with Crippen molar-refractivity contribution >= 4 is 17.4 Å². The molecule has 210 valence electrons. The molecular formula is C33H38N2O5. The van der Waals surface area contributed by atoms with Crippen LogP contribution in [-0.2, 0) is 9.59 Å². The van der Waals surface area contributed by atoms with Crippen molar-refractivity contribution in [2.45, 2.75) is 39.2 Å². The number of benzene rings is 3. The molecule has 1 aliphatic rings. The van der Waals surface area contributed by atoms with Gasteiger partial charge in [0, 0.05) is 12.1 Å². The molecule has 1 saturated heterocycles. The zero-order valence-electron chi connectivity index (χ0n) is 23.7. The molecule has 0 aliphatic carbocycles. The maximum Gasteiger partial charge on any atom is 0.295 e. The van der Waals surface area contributed by atoms with E-state index in [9.17, 15) is 14.7 Å². The Labute approximate surface area is 236 Å². The third kappa shape index (κ3) is 6.72. The Morgan fingerprint density at radius 2 is 1.70 bits per heavy atom. The van der Waals surface area contributed by atoms with Crippen LogP contribution in [0.15, 0.2) is 78.4 Å². The fourth-order valence-electron chi connectivity index (χ4n) is 4.83. The normalized spacial score (nSPS) is 16.5. The Morgan fingerprint density at radius 3 is 2.40 bits per heavy atom. The highest BCUT2D eigenvalue weighted by Crippen LogP contribution is 2.41. The summed E-state index contributed by atoms with van der Waals surface area (Å²) in [5, 5.41) is 11.5. The summed E-state index contributed by atoms with van der Waals surface area (Å²) in [5.74, 6) is 0.481. The molecular weight excluding hydrogens is 504 g/mol. The number of rotatable bonds is 12. The number of hydrogen-bond donors (Lipinski definition) is 1. The molecule has 7 heteroatoms. The lowest BCUT2D eigenvalue weighted by molar-refractivity contribution is -0.139. The molecule has 1 N–H and O–H groups in total. The van der Waals surface area contributed by atoms with Crippen LogP contribution < -0.4 is 9.47 Å². The lowest BCUT2D eigenvalue weighted by Crippen LogP contribution is -2.32. The van der Waals surface area contributed by atoms with E-state index >= 15 is 0 Å². The minimum absolute atomic E-state index is 0.0748. The van der Waals surface area contributed by atoms with Crippen LogP contribution in [-0.4, -0.2) is 60.4 Å². The number of Topliss-reactive ketones (excluding diaryl/α,β-unsaturated/α-hetero) is 1. The van der Waals surface area contributed by atoms with E-state index < -0.39 is 17.7 Å². The highest BCUT2D eigenvalue weighted by molar-refractivity contribution is 6.46. The van der Waals surface area contributed by atoms with Crippen LogP contribution in [0.2, 0.25) is 0 Å². The summed E-state index contributed by atoms with van der Waals surface area (Å²) in [6.07, 6.45) is 2.66. The summed E-state index contributed by atoms with van der Waals surface area (Å²) in [5.41, 5.74) is 2.07. The lowest BCUT2D eigenvalue weighted by atomic mass is 9.94. The van der Waals surface area contributed by atoms with Gasteiger partial charge in [-0.05, 0) is 94.0 Å². The van der Waals surface area contributed by atoms with Gasteiger partial charge in [0.2, 0.25) is 0 Å². The summed E-state index contributed by atoms with van der Waals surface area (Å²) in [4.78, 5) is 30.4. The highest BCUT2D eigenvalue weighted by Gasteiger charge is 2.46. The van der Waals surface area contributed by atoms with Crippen molar-refractivity contribution in [2.24, 2.45) is 0 Å². The number of aliphatic hydroxyl groups excluding tert-OH is 1. The monoisotopic (exact) mass is 542 g/mol. The van der Waals surface area contributed by atoms with E-state index in [4.69, 9.17) is 9.47 Å². The molecule has 40 heavy (non-hydrogen) atoms. The van der Waals surface area contributed by atoms with Gasteiger partial charge in [-0.2, -0.15) is 0 Å². The van der Waals surface area contributed by atoms with Gasteiger partial charge in [-0.3, -0.25) is 9.59 Å². The topological polar surface area (TPSA) is 79.3 Å². The number of hydrogen-bond acceptors (Lipinski definition) is 6. The summed E-state index contributed by atoms with van der Waals surface area (Å²) in [7, 11) is 3.93. The Morgan fingerprint density at radius 1 is 0.950 bits per heavy atom. The average molecular weight is 543 g/mol. The number of likely N-dealkylation sites (tertiary alicyclic amines) is 1. The van der Waals surface area contributed by atoms with Crippen molar-refractivity contribution in [3.8, 4) is 17.2 Å². The zero-order chi connectivity index (χ0) is 28.6. The first-order valence-corrected chi connectivity index (χ1v) is 13.8. The van der Waals surface area contributed by atoms with E-state index in [1.54, 1.807) is 23.1 Å². The van der Waals surface area contributed by atoms with Crippen LogP contribution in [0, 0.1) is 6.92 Å². The van der Waals surface area contributed by atoms with Crippen LogP contribution in [0.25, 0.3) is 5.76 Å². The first-order chi connectivity index (χ1) is 19.3.